The van der Waals surface area contributed by atoms with E-state index in [0.717, 1.165) is 18.5 Å². The van der Waals surface area contributed by atoms with E-state index in [4.69, 9.17) is 12.2 Å². The highest BCUT2D eigenvalue weighted by Crippen LogP contribution is 2.27. The molecule has 0 spiro atoms. The molecule has 0 unspecified atom stereocenters. The average molecular weight is 319 g/mol. The van der Waals surface area contributed by atoms with Crippen molar-refractivity contribution in [3.63, 3.8) is 0 Å². The van der Waals surface area contributed by atoms with Gasteiger partial charge in [-0.2, -0.15) is 0 Å². The molecule has 1 aliphatic rings. The second-order valence-electron chi connectivity index (χ2n) is 6.48. The summed E-state index contributed by atoms with van der Waals surface area (Å²) in [6, 6.07) is 7.40. The van der Waals surface area contributed by atoms with E-state index in [1.165, 1.54) is 19.3 Å². The molecule has 2 N–H and O–H groups in total. The highest BCUT2D eigenvalue weighted by molar-refractivity contribution is 7.80. The molecule has 0 radical (unpaired) electrons. The van der Waals surface area contributed by atoms with E-state index >= 15 is 0 Å². The molecule has 0 atom stereocenters. The third-order valence-electron chi connectivity index (χ3n) is 4.17. The predicted octanol–water partition coefficient (Wildman–Crippen LogP) is 3.40. The molecule has 0 saturated heterocycles. The third kappa shape index (κ3) is 4.44. The maximum Gasteiger partial charge on any atom is 0.253 e. The summed E-state index contributed by atoms with van der Waals surface area (Å²) in [5.74, 6) is 0.00182. The van der Waals surface area contributed by atoms with Crippen molar-refractivity contribution in [2.24, 2.45) is 0 Å². The van der Waals surface area contributed by atoms with Crippen LogP contribution in [0, 0.1) is 0 Å². The topological polar surface area (TPSA) is 44.4 Å². The van der Waals surface area contributed by atoms with Gasteiger partial charge in [0.05, 0.1) is 0 Å². The Kier molecular flexibility index (Phi) is 5.40. The Morgan fingerprint density at radius 1 is 1.14 bits per heavy atom. The Bertz CT molecular complexity index is 533. The number of anilines is 1. The normalized spacial score (nSPS) is 16.7. The van der Waals surface area contributed by atoms with Crippen LogP contribution < -0.4 is 10.6 Å². The largest absolute Gasteiger partial charge is 0.357 e. The quantitative estimate of drug-likeness (QED) is 0.838. The van der Waals surface area contributed by atoms with Crippen LogP contribution in [0.5, 0.6) is 0 Å². The van der Waals surface area contributed by atoms with E-state index in [9.17, 15) is 4.79 Å². The van der Waals surface area contributed by atoms with Crippen molar-refractivity contribution in [2.45, 2.75) is 44.6 Å². The van der Waals surface area contributed by atoms with Crippen molar-refractivity contribution in [1.82, 2.24) is 10.2 Å². The third-order valence-corrected chi connectivity index (χ3v) is 4.37. The van der Waals surface area contributed by atoms with Gasteiger partial charge < -0.3 is 15.5 Å². The number of nitrogens with zero attached hydrogens (tertiary/aromatic N) is 1. The minimum Gasteiger partial charge on any atom is -0.357 e. The predicted molar refractivity (Wildman–Crippen MR) is 95.3 cm³/mol. The molecule has 0 bridgehead atoms. The van der Waals surface area contributed by atoms with Crippen LogP contribution in [0.4, 0.5) is 5.69 Å². The summed E-state index contributed by atoms with van der Waals surface area (Å²) in [5, 5.41) is 7.30. The SMILES string of the molecule is CN(C)C(=O)c1ccc(NC(=S)NC2(C)CCCCC2)cc1. The number of thiocarbonyl (C=S) groups is 1. The minimum absolute atomic E-state index is 0.00182. The standard InChI is InChI=1S/C17H25N3OS/c1-17(11-5-4-6-12-17)19-16(22)18-14-9-7-13(8-10-14)15(21)20(2)3/h7-10H,4-6,11-12H2,1-3H3,(H2,18,19,22). The maximum atomic E-state index is 11.9. The zero-order chi connectivity index (χ0) is 16.2. The van der Waals surface area contributed by atoms with Gasteiger partial charge in [-0.25, -0.2) is 0 Å². The molecule has 0 aliphatic heterocycles. The van der Waals surface area contributed by atoms with Gasteiger partial charge in [0, 0.05) is 30.9 Å². The van der Waals surface area contributed by atoms with Crippen LogP contribution in [-0.2, 0) is 0 Å². The lowest BCUT2D eigenvalue weighted by atomic mass is 9.83. The molecule has 4 nitrogen and oxygen atoms in total. The van der Waals surface area contributed by atoms with Gasteiger partial charge >= 0.3 is 0 Å². The molecule has 0 heterocycles. The van der Waals surface area contributed by atoms with E-state index in [-0.39, 0.29) is 11.4 Å². The van der Waals surface area contributed by atoms with Gasteiger partial charge in [0.15, 0.2) is 5.11 Å². The molecule has 120 valence electrons. The van der Waals surface area contributed by atoms with E-state index < -0.39 is 0 Å². The number of nitrogens with one attached hydrogen (secondary N) is 2. The van der Waals surface area contributed by atoms with E-state index in [2.05, 4.69) is 17.6 Å². The summed E-state index contributed by atoms with van der Waals surface area (Å²) < 4.78 is 0. The lowest BCUT2D eigenvalue weighted by molar-refractivity contribution is 0.0827. The van der Waals surface area contributed by atoms with Crippen LogP contribution in [0.1, 0.15) is 49.4 Å². The Morgan fingerprint density at radius 3 is 2.27 bits per heavy atom. The van der Waals surface area contributed by atoms with Crippen molar-refractivity contribution in [1.29, 1.82) is 0 Å². The van der Waals surface area contributed by atoms with Crippen LogP contribution in [0.3, 0.4) is 0 Å². The first-order valence-electron chi connectivity index (χ1n) is 7.80. The van der Waals surface area contributed by atoms with Gasteiger partial charge in [0.1, 0.15) is 0 Å². The number of hydrogen-bond donors (Lipinski definition) is 2. The van der Waals surface area contributed by atoms with Gasteiger partial charge in [0.25, 0.3) is 5.91 Å². The maximum absolute atomic E-state index is 11.9. The fourth-order valence-electron chi connectivity index (χ4n) is 2.85. The number of hydrogen-bond acceptors (Lipinski definition) is 2. The van der Waals surface area contributed by atoms with Gasteiger partial charge in [-0.3, -0.25) is 4.79 Å². The van der Waals surface area contributed by atoms with E-state index in [0.29, 0.717) is 10.7 Å². The molecule has 2 rings (SSSR count). The summed E-state index contributed by atoms with van der Waals surface area (Å²) in [6.45, 7) is 2.24. The minimum atomic E-state index is 0.00182. The van der Waals surface area contributed by atoms with E-state index in [1.807, 2.05) is 24.3 Å². The fourth-order valence-corrected chi connectivity index (χ4v) is 3.21. The van der Waals surface area contributed by atoms with Crippen LogP contribution in [0.2, 0.25) is 0 Å². The second-order valence-corrected chi connectivity index (χ2v) is 6.89. The molecular weight excluding hydrogens is 294 g/mol. The summed E-state index contributed by atoms with van der Waals surface area (Å²) in [7, 11) is 3.50. The Balaban J connectivity index is 1.93. The zero-order valence-corrected chi connectivity index (χ0v) is 14.4. The molecule has 0 aromatic heterocycles. The van der Waals surface area contributed by atoms with Crippen LogP contribution in [0.15, 0.2) is 24.3 Å². The highest BCUT2D eigenvalue weighted by Gasteiger charge is 2.27. The molecule has 5 heteroatoms. The molecule has 1 saturated carbocycles. The Morgan fingerprint density at radius 2 is 1.73 bits per heavy atom. The fraction of sp³-hybridized carbons (Fsp3) is 0.529. The molecule has 1 aromatic carbocycles. The van der Waals surface area contributed by atoms with Crippen molar-refractivity contribution in [3.8, 4) is 0 Å². The summed E-state index contributed by atoms with van der Waals surface area (Å²) in [6.07, 6.45) is 6.15. The first kappa shape index (κ1) is 16.7. The Hall–Kier alpha value is -1.62. The molecule has 1 aromatic rings. The monoisotopic (exact) mass is 319 g/mol. The van der Waals surface area contributed by atoms with Gasteiger partial charge in [-0.1, -0.05) is 19.3 Å². The van der Waals surface area contributed by atoms with Crippen molar-refractivity contribution in [2.75, 3.05) is 19.4 Å². The number of carbonyl (C=O) groups excluding carboxylic acids is 1. The Labute approximate surface area is 138 Å². The number of amides is 1. The molecule has 1 amide bonds. The molecule has 1 aliphatic carbocycles. The summed E-state index contributed by atoms with van der Waals surface area (Å²) in [5.41, 5.74) is 1.67. The molecule has 22 heavy (non-hydrogen) atoms. The first-order chi connectivity index (χ1) is 10.4. The van der Waals surface area contributed by atoms with Crippen molar-refractivity contribution >= 4 is 28.9 Å². The van der Waals surface area contributed by atoms with Crippen molar-refractivity contribution < 1.29 is 4.79 Å². The highest BCUT2D eigenvalue weighted by atomic mass is 32.1. The first-order valence-corrected chi connectivity index (χ1v) is 8.21. The zero-order valence-electron chi connectivity index (χ0n) is 13.6. The molecule has 1 fully saturated rings. The second kappa shape index (κ2) is 7.09. The van der Waals surface area contributed by atoms with Crippen LogP contribution in [-0.4, -0.2) is 35.6 Å². The van der Waals surface area contributed by atoms with E-state index in [1.54, 1.807) is 19.0 Å². The molecular formula is C17H25N3OS. The smallest absolute Gasteiger partial charge is 0.253 e. The van der Waals surface area contributed by atoms with Gasteiger partial charge in [-0.05, 0) is 56.2 Å². The summed E-state index contributed by atoms with van der Waals surface area (Å²) in [4.78, 5) is 13.4. The van der Waals surface area contributed by atoms with Gasteiger partial charge in [0.2, 0.25) is 0 Å². The van der Waals surface area contributed by atoms with Gasteiger partial charge in [-0.15, -0.1) is 0 Å². The van der Waals surface area contributed by atoms with Crippen molar-refractivity contribution in [3.05, 3.63) is 29.8 Å². The van der Waals surface area contributed by atoms with Crippen LogP contribution >= 0.6 is 12.2 Å². The number of benzene rings is 1. The number of rotatable bonds is 3. The number of carbonyl (C=O) groups is 1. The summed E-state index contributed by atoms with van der Waals surface area (Å²) >= 11 is 5.42. The lowest BCUT2D eigenvalue weighted by Gasteiger charge is -2.35. The average Bonchev–Trinajstić information content (AvgIpc) is 2.47. The lowest BCUT2D eigenvalue weighted by Crippen LogP contribution is -2.48. The van der Waals surface area contributed by atoms with Crippen LogP contribution in [0.25, 0.3) is 0 Å².